The van der Waals surface area contributed by atoms with E-state index in [0.29, 0.717) is 0 Å². The number of hydrogen-bond acceptors (Lipinski definition) is 1. The van der Waals surface area contributed by atoms with Crippen molar-refractivity contribution in [3.63, 3.8) is 0 Å². The van der Waals surface area contributed by atoms with Crippen molar-refractivity contribution in [2.24, 2.45) is 0 Å². The van der Waals surface area contributed by atoms with Crippen LogP contribution in [0.1, 0.15) is 24.0 Å². The molecule has 1 heterocycles. The fourth-order valence-corrected chi connectivity index (χ4v) is 4.21. The summed E-state index contributed by atoms with van der Waals surface area (Å²) in [4.78, 5) is 0. The average Bonchev–Trinajstić information content (AvgIpc) is 2.91. The van der Waals surface area contributed by atoms with Gasteiger partial charge in [0.05, 0.1) is 4.75 Å². The molecule has 17 heavy (non-hydrogen) atoms. The van der Waals surface area contributed by atoms with Crippen LogP contribution in [0.25, 0.3) is 0 Å². The van der Waals surface area contributed by atoms with Gasteiger partial charge in [-0.25, -0.2) is 0 Å². The second kappa shape index (κ2) is 4.58. The molecule has 0 bridgehead atoms. The SMILES string of the molecule is c1ccc(C2(c3ccccc3)CCCS2)cc1. The second-order valence-corrected chi connectivity index (χ2v) is 5.90. The Labute approximate surface area is 107 Å². The van der Waals surface area contributed by atoms with Crippen LogP contribution in [0, 0.1) is 0 Å². The Morgan fingerprint density at radius 1 is 0.765 bits per heavy atom. The number of benzene rings is 2. The van der Waals surface area contributed by atoms with Crippen molar-refractivity contribution in [2.75, 3.05) is 5.75 Å². The lowest BCUT2D eigenvalue weighted by Crippen LogP contribution is -2.19. The Balaban J connectivity index is 2.11. The molecule has 1 saturated heterocycles. The van der Waals surface area contributed by atoms with Gasteiger partial charge in [0.2, 0.25) is 0 Å². The van der Waals surface area contributed by atoms with Crippen molar-refractivity contribution >= 4 is 11.8 Å². The summed E-state index contributed by atoms with van der Waals surface area (Å²) in [5, 5.41) is 0. The molecular formula is C16H16S. The molecule has 0 aliphatic carbocycles. The summed E-state index contributed by atoms with van der Waals surface area (Å²) in [5.41, 5.74) is 2.90. The minimum atomic E-state index is 0.197. The molecule has 0 radical (unpaired) electrons. The molecule has 0 aromatic heterocycles. The van der Waals surface area contributed by atoms with Gasteiger partial charge in [-0.15, -0.1) is 11.8 Å². The van der Waals surface area contributed by atoms with Crippen molar-refractivity contribution in [3.05, 3.63) is 71.8 Å². The van der Waals surface area contributed by atoms with E-state index < -0.39 is 0 Å². The molecule has 3 rings (SSSR count). The van der Waals surface area contributed by atoms with E-state index in [1.807, 2.05) is 0 Å². The first-order chi connectivity index (χ1) is 8.42. The molecular weight excluding hydrogens is 224 g/mol. The van der Waals surface area contributed by atoms with E-state index in [1.54, 1.807) is 0 Å². The first-order valence-electron chi connectivity index (χ1n) is 6.17. The van der Waals surface area contributed by atoms with Crippen LogP contribution in [-0.4, -0.2) is 5.75 Å². The molecule has 2 aromatic rings. The summed E-state index contributed by atoms with van der Waals surface area (Å²) in [6, 6.07) is 21.9. The van der Waals surface area contributed by atoms with Gasteiger partial charge in [-0.3, -0.25) is 0 Å². The fraction of sp³-hybridized carbons (Fsp3) is 0.250. The molecule has 0 spiro atoms. The quantitative estimate of drug-likeness (QED) is 0.747. The summed E-state index contributed by atoms with van der Waals surface area (Å²) in [6.07, 6.45) is 2.57. The van der Waals surface area contributed by atoms with Gasteiger partial charge in [0, 0.05) is 0 Å². The summed E-state index contributed by atoms with van der Waals surface area (Å²) < 4.78 is 0.197. The molecule has 1 aliphatic heterocycles. The van der Waals surface area contributed by atoms with Gasteiger partial charge in [0.15, 0.2) is 0 Å². The van der Waals surface area contributed by atoms with E-state index >= 15 is 0 Å². The van der Waals surface area contributed by atoms with Gasteiger partial charge in [-0.05, 0) is 29.7 Å². The van der Waals surface area contributed by atoms with Crippen molar-refractivity contribution in [3.8, 4) is 0 Å². The van der Waals surface area contributed by atoms with Crippen LogP contribution in [0.2, 0.25) is 0 Å². The van der Waals surface area contributed by atoms with Gasteiger partial charge in [-0.2, -0.15) is 0 Å². The lowest BCUT2D eigenvalue weighted by molar-refractivity contribution is 0.685. The van der Waals surface area contributed by atoms with Gasteiger partial charge < -0.3 is 0 Å². The average molecular weight is 240 g/mol. The molecule has 86 valence electrons. The zero-order valence-corrected chi connectivity index (χ0v) is 10.6. The van der Waals surface area contributed by atoms with Crippen LogP contribution in [0.3, 0.4) is 0 Å². The van der Waals surface area contributed by atoms with Crippen LogP contribution < -0.4 is 0 Å². The number of hydrogen-bond donors (Lipinski definition) is 0. The third kappa shape index (κ3) is 1.89. The minimum absolute atomic E-state index is 0.197. The molecule has 0 amide bonds. The van der Waals surface area contributed by atoms with E-state index in [1.165, 1.54) is 29.7 Å². The largest absolute Gasteiger partial charge is 0.145 e. The van der Waals surface area contributed by atoms with Crippen molar-refractivity contribution < 1.29 is 0 Å². The summed E-state index contributed by atoms with van der Waals surface area (Å²) in [6.45, 7) is 0. The van der Waals surface area contributed by atoms with E-state index in [0.717, 1.165) is 0 Å². The van der Waals surface area contributed by atoms with Crippen LogP contribution >= 0.6 is 11.8 Å². The Morgan fingerprint density at radius 2 is 1.29 bits per heavy atom. The van der Waals surface area contributed by atoms with Crippen LogP contribution in [0.15, 0.2) is 60.7 Å². The maximum Gasteiger partial charge on any atom is 0.0657 e. The normalized spacial score (nSPS) is 18.1. The van der Waals surface area contributed by atoms with E-state index in [9.17, 15) is 0 Å². The van der Waals surface area contributed by atoms with Crippen molar-refractivity contribution in [2.45, 2.75) is 17.6 Å². The molecule has 1 heteroatoms. The predicted molar refractivity (Wildman–Crippen MR) is 75.4 cm³/mol. The predicted octanol–water partition coefficient (Wildman–Crippen LogP) is 4.46. The second-order valence-electron chi connectivity index (χ2n) is 4.51. The molecule has 1 fully saturated rings. The molecule has 0 atom stereocenters. The first kappa shape index (κ1) is 10.9. The zero-order chi connectivity index (χ0) is 11.6. The van der Waals surface area contributed by atoms with E-state index in [-0.39, 0.29) is 4.75 Å². The molecule has 0 saturated carbocycles. The maximum atomic E-state index is 2.27. The van der Waals surface area contributed by atoms with Gasteiger partial charge >= 0.3 is 0 Å². The standard InChI is InChI=1S/C16H16S/c1-3-8-14(9-4-1)16(12-7-13-17-16)15-10-5-2-6-11-15/h1-6,8-11H,7,12-13H2. The Bertz CT molecular complexity index is 428. The smallest absolute Gasteiger partial charge is 0.0657 e. The lowest BCUT2D eigenvalue weighted by atomic mass is 9.87. The van der Waals surface area contributed by atoms with Gasteiger partial charge in [-0.1, -0.05) is 60.7 Å². The molecule has 2 aromatic carbocycles. The van der Waals surface area contributed by atoms with Crippen LogP contribution in [0.5, 0.6) is 0 Å². The number of rotatable bonds is 2. The van der Waals surface area contributed by atoms with E-state index in [4.69, 9.17) is 0 Å². The van der Waals surface area contributed by atoms with E-state index in [2.05, 4.69) is 72.4 Å². The Morgan fingerprint density at radius 3 is 1.71 bits per heavy atom. The molecule has 1 aliphatic rings. The third-order valence-corrected chi connectivity index (χ3v) is 5.16. The lowest BCUT2D eigenvalue weighted by Gasteiger charge is -2.29. The topological polar surface area (TPSA) is 0 Å². The maximum absolute atomic E-state index is 2.27. The molecule has 0 N–H and O–H groups in total. The van der Waals surface area contributed by atoms with Gasteiger partial charge in [0.25, 0.3) is 0 Å². The third-order valence-electron chi connectivity index (χ3n) is 3.50. The Kier molecular flexibility index (Phi) is 2.94. The number of thioether (sulfide) groups is 1. The summed E-state index contributed by atoms with van der Waals surface area (Å²) in [7, 11) is 0. The summed E-state index contributed by atoms with van der Waals surface area (Å²) in [5.74, 6) is 1.27. The highest BCUT2D eigenvalue weighted by Gasteiger charge is 2.37. The van der Waals surface area contributed by atoms with Crippen molar-refractivity contribution in [1.29, 1.82) is 0 Å². The van der Waals surface area contributed by atoms with Crippen LogP contribution in [-0.2, 0) is 4.75 Å². The minimum Gasteiger partial charge on any atom is -0.145 e. The highest BCUT2D eigenvalue weighted by atomic mass is 32.2. The fourth-order valence-electron chi connectivity index (χ4n) is 2.68. The molecule has 0 unspecified atom stereocenters. The van der Waals surface area contributed by atoms with Crippen LogP contribution in [0.4, 0.5) is 0 Å². The Hall–Kier alpha value is -1.21. The first-order valence-corrected chi connectivity index (χ1v) is 7.15. The highest BCUT2D eigenvalue weighted by Crippen LogP contribution is 2.51. The van der Waals surface area contributed by atoms with Gasteiger partial charge in [0.1, 0.15) is 0 Å². The summed E-state index contributed by atoms with van der Waals surface area (Å²) >= 11 is 2.10. The monoisotopic (exact) mass is 240 g/mol. The highest BCUT2D eigenvalue weighted by molar-refractivity contribution is 8.00. The zero-order valence-electron chi connectivity index (χ0n) is 9.80. The molecule has 0 nitrogen and oxygen atoms in total. The van der Waals surface area contributed by atoms with Crippen molar-refractivity contribution in [1.82, 2.24) is 0 Å².